The van der Waals surface area contributed by atoms with Gasteiger partial charge in [-0.15, -0.1) is 0 Å². The molecule has 1 amide bonds. The second kappa shape index (κ2) is 6.39. The molecule has 0 saturated carbocycles. The van der Waals surface area contributed by atoms with Crippen molar-refractivity contribution in [1.29, 1.82) is 0 Å². The van der Waals surface area contributed by atoms with Crippen molar-refractivity contribution in [3.63, 3.8) is 0 Å². The van der Waals surface area contributed by atoms with Crippen LogP contribution in [0.2, 0.25) is 0 Å². The number of carbonyl (C=O) groups excluding carboxylic acids is 1. The predicted molar refractivity (Wildman–Crippen MR) is 68.2 cm³/mol. The van der Waals surface area contributed by atoms with Gasteiger partial charge in [0.25, 0.3) is 5.91 Å². The van der Waals surface area contributed by atoms with Crippen LogP contribution in [-0.4, -0.2) is 35.3 Å². The van der Waals surface area contributed by atoms with E-state index in [4.69, 9.17) is 0 Å². The van der Waals surface area contributed by atoms with Gasteiger partial charge in [0.2, 0.25) is 0 Å². The molecule has 0 aliphatic heterocycles. The molecule has 0 saturated heterocycles. The van der Waals surface area contributed by atoms with Gasteiger partial charge in [0.1, 0.15) is 0 Å². The van der Waals surface area contributed by atoms with Crippen molar-refractivity contribution in [1.82, 2.24) is 20.4 Å². The van der Waals surface area contributed by atoms with Crippen molar-refractivity contribution in [3.05, 3.63) is 17.0 Å². The predicted octanol–water partition coefficient (Wildman–Crippen LogP) is 0.766. The number of hydrogen-bond donors (Lipinski definition) is 2. The van der Waals surface area contributed by atoms with Crippen molar-refractivity contribution < 1.29 is 4.79 Å². The van der Waals surface area contributed by atoms with Crippen LogP contribution in [0.5, 0.6) is 0 Å². The molecule has 0 aliphatic carbocycles. The van der Waals surface area contributed by atoms with Crippen molar-refractivity contribution in [2.75, 3.05) is 19.6 Å². The first-order valence-electron chi connectivity index (χ1n) is 6.07. The molecule has 1 heterocycles. The van der Waals surface area contributed by atoms with E-state index in [-0.39, 0.29) is 5.91 Å². The molecule has 17 heavy (non-hydrogen) atoms. The number of rotatable bonds is 6. The van der Waals surface area contributed by atoms with Gasteiger partial charge < -0.3 is 10.6 Å². The molecule has 2 N–H and O–H groups in total. The number of aryl methyl sites for hydroxylation is 2. The van der Waals surface area contributed by atoms with E-state index in [9.17, 15) is 4.79 Å². The molecule has 1 aromatic rings. The number of hydrogen-bond acceptors (Lipinski definition) is 3. The fraction of sp³-hybridized carbons (Fsp3) is 0.667. The van der Waals surface area contributed by atoms with Gasteiger partial charge in [0.15, 0.2) is 0 Å². The van der Waals surface area contributed by atoms with Crippen LogP contribution in [0.25, 0.3) is 0 Å². The fourth-order valence-corrected chi connectivity index (χ4v) is 1.76. The summed E-state index contributed by atoms with van der Waals surface area (Å²) in [4.78, 5) is 11.9. The standard InChI is InChI=1S/C12H22N4O/c1-5-6-13-7-8-14-12(17)11-9(2)15-16(4)10(11)3/h13H,5-8H2,1-4H3,(H,14,17). The quantitative estimate of drug-likeness (QED) is 0.720. The van der Waals surface area contributed by atoms with E-state index in [2.05, 4.69) is 22.7 Å². The minimum absolute atomic E-state index is 0.0357. The van der Waals surface area contributed by atoms with E-state index in [1.807, 2.05) is 20.9 Å². The lowest BCUT2D eigenvalue weighted by atomic mass is 10.2. The summed E-state index contributed by atoms with van der Waals surface area (Å²) < 4.78 is 1.74. The summed E-state index contributed by atoms with van der Waals surface area (Å²) in [5, 5.41) is 10.4. The van der Waals surface area contributed by atoms with Crippen LogP contribution in [0.3, 0.4) is 0 Å². The van der Waals surface area contributed by atoms with Crippen LogP contribution in [0.4, 0.5) is 0 Å². The summed E-state index contributed by atoms with van der Waals surface area (Å²) in [6.07, 6.45) is 1.11. The molecule has 1 rings (SSSR count). The van der Waals surface area contributed by atoms with Crippen LogP contribution in [-0.2, 0) is 7.05 Å². The van der Waals surface area contributed by atoms with E-state index in [0.29, 0.717) is 12.1 Å². The first-order valence-corrected chi connectivity index (χ1v) is 6.07. The zero-order chi connectivity index (χ0) is 12.8. The Hall–Kier alpha value is -1.36. The monoisotopic (exact) mass is 238 g/mol. The summed E-state index contributed by atoms with van der Waals surface area (Å²) in [5.41, 5.74) is 2.38. The number of carbonyl (C=O) groups is 1. The zero-order valence-corrected chi connectivity index (χ0v) is 11.1. The lowest BCUT2D eigenvalue weighted by Gasteiger charge is -2.06. The first kappa shape index (κ1) is 13.7. The van der Waals surface area contributed by atoms with E-state index in [1.165, 1.54) is 0 Å². The lowest BCUT2D eigenvalue weighted by Crippen LogP contribution is -2.32. The zero-order valence-electron chi connectivity index (χ0n) is 11.1. The highest BCUT2D eigenvalue weighted by molar-refractivity contribution is 5.96. The molecule has 0 aromatic carbocycles. The summed E-state index contributed by atoms with van der Waals surface area (Å²) in [7, 11) is 1.85. The highest BCUT2D eigenvalue weighted by Crippen LogP contribution is 2.10. The van der Waals surface area contributed by atoms with Crippen LogP contribution in [0.15, 0.2) is 0 Å². The van der Waals surface area contributed by atoms with Crippen molar-refractivity contribution in [2.24, 2.45) is 7.05 Å². The molecule has 0 radical (unpaired) electrons. The minimum Gasteiger partial charge on any atom is -0.351 e. The van der Waals surface area contributed by atoms with Crippen LogP contribution in [0, 0.1) is 13.8 Å². The molecule has 0 atom stereocenters. The minimum atomic E-state index is -0.0357. The smallest absolute Gasteiger partial charge is 0.255 e. The Kier molecular flexibility index (Phi) is 5.15. The SMILES string of the molecule is CCCNCCNC(=O)c1c(C)nn(C)c1C. The molecule has 5 heteroatoms. The molecule has 0 bridgehead atoms. The molecular formula is C12H22N4O. The van der Waals surface area contributed by atoms with Gasteiger partial charge >= 0.3 is 0 Å². The van der Waals surface area contributed by atoms with Gasteiger partial charge in [-0.05, 0) is 26.8 Å². The van der Waals surface area contributed by atoms with E-state index in [1.54, 1.807) is 4.68 Å². The average molecular weight is 238 g/mol. The summed E-state index contributed by atoms with van der Waals surface area (Å²) in [6, 6.07) is 0. The van der Waals surface area contributed by atoms with E-state index < -0.39 is 0 Å². The third kappa shape index (κ3) is 3.56. The van der Waals surface area contributed by atoms with Gasteiger partial charge in [-0.1, -0.05) is 6.92 Å². The molecular weight excluding hydrogens is 216 g/mol. The normalized spacial score (nSPS) is 10.6. The highest BCUT2D eigenvalue weighted by atomic mass is 16.1. The van der Waals surface area contributed by atoms with Crippen molar-refractivity contribution >= 4 is 5.91 Å². The molecule has 0 unspecified atom stereocenters. The van der Waals surface area contributed by atoms with Gasteiger partial charge in [-0.2, -0.15) is 5.10 Å². The maximum Gasteiger partial charge on any atom is 0.255 e. The number of nitrogens with one attached hydrogen (secondary N) is 2. The second-order valence-electron chi connectivity index (χ2n) is 4.18. The largest absolute Gasteiger partial charge is 0.351 e. The molecule has 96 valence electrons. The summed E-state index contributed by atoms with van der Waals surface area (Å²) in [6.45, 7) is 8.32. The molecule has 0 fully saturated rings. The van der Waals surface area contributed by atoms with Crippen LogP contribution >= 0.6 is 0 Å². The van der Waals surface area contributed by atoms with Gasteiger partial charge in [0, 0.05) is 25.8 Å². The second-order valence-corrected chi connectivity index (χ2v) is 4.18. The molecule has 0 aliphatic rings. The van der Waals surface area contributed by atoms with Crippen molar-refractivity contribution in [3.8, 4) is 0 Å². The highest BCUT2D eigenvalue weighted by Gasteiger charge is 2.16. The number of amides is 1. The third-order valence-corrected chi connectivity index (χ3v) is 2.75. The summed E-state index contributed by atoms with van der Waals surface area (Å²) >= 11 is 0. The first-order chi connectivity index (χ1) is 8.07. The van der Waals surface area contributed by atoms with Gasteiger partial charge in [0.05, 0.1) is 11.3 Å². The Morgan fingerprint density at radius 3 is 2.53 bits per heavy atom. The topological polar surface area (TPSA) is 58.9 Å². The lowest BCUT2D eigenvalue weighted by molar-refractivity contribution is 0.0952. The van der Waals surface area contributed by atoms with Gasteiger partial charge in [-0.25, -0.2) is 0 Å². The number of aromatic nitrogens is 2. The molecule has 1 aromatic heterocycles. The van der Waals surface area contributed by atoms with E-state index >= 15 is 0 Å². The Morgan fingerprint density at radius 1 is 1.29 bits per heavy atom. The van der Waals surface area contributed by atoms with E-state index in [0.717, 1.165) is 30.9 Å². The Labute approximate surface area is 103 Å². The fourth-order valence-electron chi connectivity index (χ4n) is 1.76. The Balaban J connectivity index is 2.47. The third-order valence-electron chi connectivity index (χ3n) is 2.75. The summed E-state index contributed by atoms with van der Waals surface area (Å²) in [5.74, 6) is -0.0357. The maximum atomic E-state index is 11.9. The Morgan fingerprint density at radius 2 is 2.00 bits per heavy atom. The van der Waals surface area contributed by atoms with Crippen LogP contribution < -0.4 is 10.6 Å². The van der Waals surface area contributed by atoms with Crippen molar-refractivity contribution in [2.45, 2.75) is 27.2 Å². The Bertz CT molecular complexity index is 384. The van der Waals surface area contributed by atoms with Gasteiger partial charge in [-0.3, -0.25) is 9.48 Å². The maximum absolute atomic E-state index is 11.9. The molecule has 5 nitrogen and oxygen atoms in total. The van der Waals surface area contributed by atoms with Crippen LogP contribution in [0.1, 0.15) is 35.1 Å². The molecule has 0 spiro atoms. The average Bonchev–Trinajstić information content (AvgIpc) is 2.53. The number of nitrogens with zero attached hydrogens (tertiary/aromatic N) is 2.